The molecular weight excluding hydrogens is 124 g/mol. The zero-order valence-electron chi connectivity index (χ0n) is 5.62. The summed E-state index contributed by atoms with van der Waals surface area (Å²) in [7, 11) is 0. The van der Waals surface area contributed by atoms with E-state index in [1.807, 2.05) is 6.07 Å². The van der Waals surface area contributed by atoms with Gasteiger partial charge in [0.25, 0.3) is 0 Å². The van der Waals surface area contributed by atoms with Gasteiger partial charge in [0, 0.05) is 6.20 Å². The van der Waals surface area contributed by atoms with E-state index in [1.165, 1.54) is 12.3 Å². The van der Waals surface area contributed by atoms with E-state index in [1.54, 1.807) is 12.2 Å². The van der Waals surface area contributed by atoms with Crippen LogP contribution in [-0.4, -0.2) is 5.71 Å². The Labute approximate surface area is 60.5 Å². The van der Waals surface area contributed by atoms with Crippen molar-refractivity contribution in [1.82, 2.24) is 0 Å². The van der Waals surface area contributed by atoms with Crippen LogP contribution in [0.1, 0.15) is 0 Å². The molecule has 0 bridgehead atoms. The molecule has 0 aliphatic rings. The monoisotopic (exact) mass is 132 g/mol. The maximum Gasteiger partial charge on any atom is 0.139 e. The summed E-state index contributed by atoms with van der Waals surface area (Å²) in [6.45, 7) is 6.84. The molecular formula is C8H8N2. The highest BCUT2D eigenvalue weighted by Crippen LogP contribution is 1.81. The van der Waals surface area contributed by atoms with Crippen LogP contribution in [0.15, 0.2) is 42.6 Å². The normalized spacial score (nSPS) is 10.9. The van der Waals surface area contributed by atoms with E-state index >= 15 is 0 Å². The molecule has 2 heteroatoms. The molecule has 0 spiro atoms. The van der Waals surface area contributed by atoms with Crippen LogP contribution in [-0.2, 0) is 0 Å². The summed E-state index contributed by atoms with van der Waals surface area (Å²) < 4.78 is 0. The minimum absolute atomic E-state index is 0.304. The lowest BCUT2D eigenvalue weighted by molar-refractivity contribution is 1.52. The molecule has 0 aliphatic heterocycles. The van der Waals surface area contributed by atoms with Gasteiger partial charge >= 0.3 is 0 Å². The van der Waals surface area contributed by atoms with E-state index in [4.69, 9.17) is 5.26 Å². The van der Waals surface area contributed by atoms with Gasteiger partial charge in [-0.15, -0.1) is 0 Å². The van der Waals surface area contributed by atoms with Crippen molar-refractivity contribution in [2.45, 2.75) is 0 Å². The van der Waals surface area contributed by atoms with Gasteiger partial charge in [-0.2, -0.15) is 5.26 Å². The second-order valence-corrected chi connectivity index (χ2v) is 1.41. The van der Waals surface area contributed by atoms with E-state index in [-0.39, 0.29) is 0 Å². The predicted molar refractivity (Wildman–Crippen MR) is 42.6 cm³/mol. The van der Waals surface area contributed by atoms with Crippen molar-refractivity contribution in [3.05, 3.63) is 37.6 Å². The molecule has 0 aromatic rings. The van der Waals surface area contributed by atoms with Gasteiger partial charge in [-0.3, -0.25) is 0 Å². The Morgan fingerprint density at radius 2 is 2.20 bits per heavy atom. The SMILES string of the molecule is C=C/C=C\N=C(C#N)C=C. The van der Waals surface area contributed by atoms with Crippen LogP contribution in [0.3, 0.4) is 0 Å². The first-order chi connectivity index (χ1) is 4.85. The van der Waals surface area contributed by atoms with Crippen LogP contribution < -0.4 is 0 Å². The molecule has 0 saturated heterocycles. The topological polar surface area (TPSA) is 36.1 Å². The van der Waals surface area contributed by atoms with E-state index < -0.39 is 0 Å². The van der Waals surface area contributed by atoms with Crippen LogP contribution in [0.25, 0.3) is 0 Å². The molecule has 2 nitrogen and oxygen atoms in total. The smallest absolute Gasteiger partial charge is 0.139 e. The Kier molecular flexibility index (Phi) is 4.62. The van der Waals surface area contributed by atoms with Gasteiger partial charge in [0.1, 0.15) is 11.8 Å². The zero-order chi connectivity index (χ0) is 7.82. The first kappa shape index (κ1) is 8.38. The van der Waals surface area contributed by atoms with Crippen molar-refractivity contribution in [1.29, 1.82) is 5.26 Å². The molecule has 0 aliphatic carbocycles. The molecule has 50 valence electrons. The minimum atomic E-state index is 0.304. The second kappa shape index (κ2) is 5.52. The molecule has 0 aromatic carbocycles. The maximum atomic E-state index is 8.31. The van der Waals surface area contributed by atoms with Crippen molar-refractivity contribution < 1.29 is 0 Å². The summed E-state index contributed by atoms with van der Waals surface area (Å²) in [4.78, 5) is 3.74. The lowest BCUT2D eigenvalue weighted by Crippen LogP contribution is -1.82. The number of nitrogens with zero attached hydrogens (tertiary/aromatic N) is 2. The van der Waals surface area contributed by atoms with Gasteiger partial charge in [-0.05, 0) is 12.2 Å². The number of hydrogen-bond donors (Lipinski definition) is 0. The number of rotatable bonds is 3. The fourth-order valence-corrected chi connectivity index (χ4v) is 0.311. The highest BCUT2D eigenvalue weighted by Gasteiger charge is 1.81. The van der Waals surface area contributed by atoms with Crippen molar-refractivity contribution in [3.63, 3.8) is 0 Å². The molecule has 0 radical (unpaired) electrons. The summed E-state index contributed by atoms with van der Waals surface area (Å²) >= 11 is 0. The van der Waals surface area contributed by atoms with Crippen LogP contribution in [0.5, 0.6) is 0 Å². The fraction of sp³-hybridized carbons (Fsp3) is 0. The number of nitriles is 1. The second-order valence-electron chi connectivity index (χ2n) is 1.41. The summed E-state index contributed by atoms with van der Waals surface area (Å²) in [5, 5.41) is 8.31. The third-order valence-corrected chi connectivity index (χ3v) is 0.744. The van der Waals surface area contributed by atoms with Crippen molar-refractivity contribution >= 4 is 5.71 Å². The Morgan fingerprint density at radius 3 is 2.60 bits per heavy atom. The molecule has 0 N–H and O–H groups in total. The van der Waals surface area contributed by atoms with Gasteiger partial charge < -0.3 is 0 Å². The third-order valence-electron chi connectivity index (χ3n) is 0.744. The van der Waals surface area contributed by atoms with Gasteiger partial charge in [0.15, 0.2) is 0 Å². The summed E-state index contributed by atoms with van der Waals surface area (Å²) in [6.07, 6.45) is 6.11. The molecule has 0 rings (SSSR count). The van der Waals surface area contributed by atoms with Gasteiger partial charge in [0.2, 0.25) is 0 Å². The first-order valence-electron chi connectivity index (χ1n) is 2.73. The lowest BCUT2D eigenvalue weighted by Gasteiger charge is -1.78. The predicted octanol–water partition coefficient (Wildman–Crippen LogP) is 1.84. The van der Waals surface area contributed by atoms with Crippen LogP contribution in [0, 0.1) is 11.3 Å². The van der Waals surface area contributed by atoms with Crippen LogP contribution in [0.2, 0.25) is 0 Å². The summed E-state index contributed by atoms with van der Waals surface area (Å²) in [6, 6.07) is 1.86. The highest BCUT2D eigenvalue weighted by atomic mass is 14.7. The average Bonchev–Trinajstić information content (AvgIpc) is 1.99. The van der Waals surface area contributed by atoms with Crippen molar-refractivity contribution in [2.75, 3.05) is 0 Å². The molecule has 0 atom stereocenters. The molecule has 0 unspecified atom stereocenters. The Bertz CT molecular complexity index is 216. The lowest BCUT2D eigenvalue weighted by atomic mass is 10.4. The largest absolute Gasteiger partial charge is 0.246 e. The quantitative estimate of drug-likeness (QED) is 0.426. The van der Waals surface area contributed by atoms with Crippen LogP contribution >= 0.6 is 0 Å². The number of aliphatic imine (C=N–C) groups is 1. The maximum absolute atomic E-state index is 8.31. The van der Waals surface area contributed by atoms with E-state index in [0.717, 1.165) is 0 Å². The Balaban J connectivity index is 4.15. The Hall–Kier alpha value is -1.62. The molecule has 0 aromatic heterocycles. The van der Waals surface area contributed by atoms with Crippen molar-refractivity contribution in [3.8, 4) is 6.07 Å². The standard InChI is InChI=1S/C8H8N2/c1-3-5-6-10-8(4-2)7-9/h3-6H,1-2H2/b6-5-,10-8?. The van der Waals surface area contributed by atoms with E-state index in [2.05, 4.69) is 18.2 Å². The van der Waals surface area contributed by atoms with Crippen molar-refractivity contribution in [2.24, 2.45) is 4.99 Å². The Morgan fingerprint density at radius 1 is 1.50 bits per heavy atom. The first-order valence-corrected chi connectivity index (χ1v) is 2.73. The highest BCUT2D eigenvalue weighted by molar-refractivity contribution is 6.07. The molecule has 0 amide bonds. The summed E-state index contributed by atoms with van der Waals surface area (Å²) in [5.74, 6) is 0. The van der Waals surface area contributed by atoms with Gasteiger partial charge in [-0.25, -0.2) is 4.99 Å². The van der Waals surface area contributed by atoms with E-state index in [0.29, 0.717) is 5.71 Å². The van der Waals surface area contributed by atoms with Crippen LogP contribution in [0.4, 0.5) is 0 Å². The molecule has 0 fully saturated rings. The van der Waals surface area contributed by atoms with E-state index in [9.17, 15) is 0 Å². The molecule has 0 heterocycles. The molecule has 10 heavy (non-hydrogen) atoms. The fourth-order valence-electron chi connectivity index (χ4n) is 0.311. The average molecular weight is 132 g/mol. The minimum Gasteiger partial charge on any atom is -0.246 e. The zero-order valence-corrected chi connectivity index (χ0v) is 5.62. The molecule has 0 saturated carbocycles. The third kappa shape index (κ3) is 3.39. The summed E-state index contributed by atoms with van der Waals surface area (Å²) in [5.41, 5.74) is 0.304. The number of allylic oxidation sites excluding steroid dienone is 3. The number of hydrogen-bond acceptors (Lipinski definition) is 2. The van der Waals surface area contributed by atoms with Gasteiger partial charge in [-0.1, -0.05) is 19.2 Å². The van der Waals surface area contributed by atoms with Gasteiger partial charge in [0.05, 0.1) is 0 Å².